The molecule has 22 heavy (non-hydrogen) atoms. The second kappa shape index (κ2) is 8.18. The Morgan fingerprint density at radius 3 is 2.27 bits per heavy atom. The summed E-state index contributed by atoms with van der Waals surface area (Å²) in [7, 11) is 0. The van der Waals surface area contributed by atoms with Crippen molar-refractivity contribution in [2.75, 3.05) is 6.54 Å². The largest absolute Gasteiger partial charge is 0.391 e. The minimum atomic E-state index is -4.22. The quantitative estimate of drug-likeness (QED) is 0.748. The van der Waals surface area contributed by atoms with Crippen LogP contribution < -0.4 is 5.32 Å². The van der Waals surface area contributed by atoms with Crippen molar-refractivity contribution in [1.29, 1.82) is 0 Å². The zero-order chi connectivity index (χ0) is 16.8. The molecule has 0 aliphatic heterocycles. The van der Waals surface area contributed by atoms with Crippen LogP contribution >= 0.6 is 0 Å². The van der Waals surface area contributed by atoms with Gasteiger partial charge in [0.25, 0.3) is 0 Å². The van der Waals surface area contributed by atoms with Crippen LogP contribution in [-0.2, 0) is 4.79 Å². The Bertz CT molecular complexity index is 352. The Labute approximate surface area is 130 Å². The summed E-state index contributed by atoms with van der Waals surface area (Å²) in [4.78, 5) is 12.1. The van der Waals surface area contributed by atoms with Crippen LogP contribution in [0.2, 0.25) is 0 Å². The maximum absolute atomic E-state index is 12.8. The van der Waals surface area contributed by atoms with Gasteiger partial charge in [0, 0.05) is 12.5 Å². The van der Waals surface area contributed by atoms with E-state index in [0.29, 0.717) is 25.7 Å². The van der Waals surface area contributed by atoms with E-state index >= 15 is 0 Å². The first-order valence-electron chi connectivity index (χ1n) is 8.28. The molecule has 1 aliphatic rings. The fourth-order valence-electron chi connectivity index (χ4n) is 3.35. The van der Waals surface area contributed by atoms with Crippen LogP contribution in [0.15, 0.2) is 0 Å². The normalized spacial score (nSPS) is 23.4. The van der Waals surface area contributed by atoms with Gasteiger partial charge in [-0.25, -0.2) is 0 Å². The molecule has 0 spiro atoms. The maximum Gasteiger partial charge on any atom is 0.391 e. The summed E-state index contributed by atoms with van der Waals surface area (Å²) in [6.07, 6.45) is -0.553. The summed E-state index contributed by atoms with van der Waals surface area (Å²) in [5.41, 5.74) is -0.947. The lowest BCUT2D eigenvalue weighted by atomic mass is 9.80. The molecule has 1 fully saturated rings. The van der Waals surface area contributed by atoms with E-state index in [4.69, 9.17) is 0 Å². The fraction of sp³-hybridized carbons (Fsp3) is 0.938. The van der Waals surface area contributed by atoms with Crippen LogP contribution in [-0.4, -0.2) is 29.3 Å². The average Bonchev–Trinajstić information content (AvgIpc) is 2.45. The number of hydrogen-bond donors (Lipinski definition) is 2. The van der Waals surface area contributed by atoms with Gasteiger partial charge in [0.15, 0.2) is 0 Å². The van der Waals surface area contributed by atoms with Gasteiger partial charge in [-0.05, 0) is 32.1 Å². The van der Waals surface area contributed by atoms with Gasteiger partial charge < -0.3 is 10.4 Å². The SMILES string of the molecule is CCCC(O)(CCC)CNC(=O)C1CCCC(C(F)(F)F)C1. The second-order valence-corrected chi connectivity index (χ2v) is 6.54. The number of hydrogen-bond acceptors (Lipinski definition) is 2. The lowest BCUT2D eigenvalue weighted by Gasteiger charge is -2.32. The van der Waals surface area contributed by atoms with Crippen LogP contribution in [0.5, 0.6) is 0 Å². The lowest BCUT2D eigenvalue weighted by Crippen LogP contribution is -2.45. The molecule has 1 aliphatic carbocycles. The Hall–Kier alpha value is -0.780. The van der Waals surface area contributed by atoms with Gasteiger partial charge in [-0.2, -0.15) is 13.2 Å². The highest BCUT2D eigenvalue weighted by molar-refractivity contribution is 5.78. The zero-order valence-corrected chi connectivity index (χ0v) is 13.5. The van der Waals surface area contributed by atoms with Crippen LogP contribution in [0, 0.1) is 11.8 Å². The topological polar surface area (TPSA) is 49.3 Å². The van der Waals surface area contributed by atoms with Crippen LogP contribution in [0.3, 0.4) is 0 Å². The molecule has 0 aromatic heterocycles. The van der Waals surface area contributed by atoms with Gasteiger partial charge in [-0.1, -0.05) is 33.1 Å². The van der Waals surface area contributed by atoms with Gasteiger partial charge in [0.05, 0.1) is 11.5 Å². The molecule has 2 N–H and O–H groups in total. The molecular weight excluding hydrogens is 295 g/mol. The molecule has 6 heteroatoms. The first-order valence-corrected chi connectivity index (χ1v) is 8.28. The third kappa shape index (κ3) is 5.78. The van der Waals surface area contributed by atoms with Crippen molar-refractivity contribution in [2.24, 2.45) is 11.8 Å². The standard InChI is InChI=1S/C16H28F3NO2/c1-3-8-15(22,9-4-2)11-20-14(21)12-6-5-7-13(10-12)16(17,18)19/h12-13,22H,3-11H2,1-2H3,(H,20,21). The molecule has 3 nitrogen and oxygen atoms in total. The van der Waals surface area contributed by atoms with Crippen molar-refractivity contribution in [3.05, 3.63) is 0 Å². The Morgan fingerprint density at radius 1 is 1.18 bits per heavy atom. The third-order valence-corrected chi connectivity index (χ3v) is 4.53. The zero-order valence-electron chi connectivity index (χ0n) is 13.5. The van der Waals surface area contributed by atoms with E-state index in [1.165, 1.54) is 0 Å². The number of alkyl halides is 3. The van der Waals surface area contributed by atoms with Crippen molar-refractivity contribution in [3.63, 3.8) is 0 Å². The van der Waals surface area contributed by atoms with Crippen molar-refractivity contribution in [3.8, 4) is 0 Å². The Balaban J connectivity index is 2.53. The predicted molar refractivity (Wildman–Crippen MR) is 79.3 cm³/mol. The van der Waals surface area contributed by atoms with Crippen LogP contribution in [0.1, 0.15) is 65.2 Å². The Morgan fingerprint density at radius 2 is 1.77 bits per heavy atom. The molecule has 2 atom stereocenters. The monoisotopic (exact) mass is 323 g/mol. The summed E-state index contributed by atoms with van der Waals surface area (Å²) in [6, 6.07) is 0. The van der Waals surface area contributed by atoms with E-state index in [2.05, 4.69) is 5.32 Å². The summed E-state index contributed by atoms with van der Waals surface area (Å²) in [6.45, 7) is 4.04. The minimum absolute atomic E-state index is 0.114. The van der Waals surface area contributed by atoms with Gasteiger partial charge in [0.1, 0.15) is 0 Å². The van der Waals surface area contributed by atoms with Crippen molar-refractivity contribution >= 4 is 5.91 Å². The van der Waals surface area contributed by atoms with Crippen LogP contribution in [0.25, 0.3) is 0 Å². The number of nitrogens with one attached hydrogen (secondary N) is 1. The van der Waals surface area contributed by atoms with Gasteiger partial charge in [0.2, 0.25) is 5.91 Å². The van der Waals surface area contributed by atoms with Crippen LogP contribution in [0.4, 0.5) is 13.2 Å². The van der Waals surface area contributed by atoms with E-state index in [-0.39, 0.29) is 25.3 Å². The Kier molecular flexibility index (Phi) is 7.16. The molecule has 0 heterocycles. The fourth-order valence-corrected chi connectivity index (χ4v) is 3.35. The maximum atomic E-state index is 12.8. The van der Waals surface area contributed by atoms with Crippen molar-refractivity contribution in [1.82, 2.24) is 5.32 Å². The molecule has 2 unspecified atom stereocenters. The molecule has 1 saturated carbocycles. The lowest BCUT2D eigenvalue weighted by molar-refractivity contribution is -0.186. The number of carbonyl (C=O) groups excluding carboxylic acids is 1. The molecule has 0 aromatic rings. The van der Waals surface area contributed by atoms with E-state index in [1.54, 1.807) is 0 Å². The molecule has 0 radical (unpaired) electrons. The summed E-state index contributed by atoms with van der Waals surface area (Å²) < 4.78 is 38.3. The number of amides is 1. The number of rotatable bonds is 7. The van der Waals surface area contributed by atoms with Gasteiger partial charge in [-0.3, -0.25) is 4.79 Å². The predicted octanol–water partition coefficient (Wildman–Crippen LogP) is 3.80. The van der Waals surface area contributed by atoms with E-state index in [1.807, 2.05) is 13.8 Å². The number of aliphatic hydroxyl groups is 1. The molecule has 0 aromatic carbocycles. The number of halogens is 3. The summed E-state index contributed by atoms with van der Waals surface area (Å²) >= 11 is 0. The highest BCUT2D eigenvalue weighted by Crippen LogP contribution is 2.39. The average molecular weight is 323 g/mol. The van der Waals surface area contributed by atoms with Gasteiger partial charge in [-0.15, -0.1) is 0 Å². The molecule has 1 rings (SSSR count). The smallest absolute Gasteiger partial charge is 0.388 e. The highest BCUT2D eigenvalue weighted by atomic mass is 19.4. The van der Waals surface area contributed by atoms with Crippen molar-refractivity contribution in [2.45, 2.75) is 77.0 Å². The molecular formula is C16H28F3NO2. The van der Waals surface area contributed by atoms with E-state index < -0.39 is 23.6 Å². The highest BCUT2D eigenvalue weighted by Gasteiger charge is 2.43. The number of carbonyl (C=O) groups is 1. The van der Waals surface area contributed by atoms with Crippen molar-refractivity contribution < 1.29 is 23.1 Å². The first kappa shape index (κ1) is 19.3. The summed E-state index contributed by atoms with van der Waals surface area (Å²) in [5.74, 6) is -2.31. The molecule has 1 amide bonds. The molecule has 130 valence electrons. The third-order valence-electron chi connectivity index (χ3n) is 4.53. The second-order valence-electron chi connectivity index (χ2n) is 6.54. The first-order chi connectivity index (χ1) is 10.2. The molecule has 0 saturated heterocycles. The van der Waals surface area contributed by atoms with E-state index in [9.17, 15) is 23.1 Å². The molecule has 0 bridgehead atoms. The van der Waals surface area contributed by atoms with Gasteiger partial charge >= 0.3 is 6.18 Å². The van der Waals surface area contributed by atoms with E-state index in [0.717, 1.165) is 12.8 Å². The summed E-state index contributed by atoms with van der Waals surface area (Å²) in [5, 5.41) is 13.1. The minimum Gasteiger partial charge on any atom is -0.388 e.